The molecule has 4 rings (SSSR count). The van der Waals surface area contributed by atoms with Gasteiger partial charge in [-0.05, 0) is 44.5 Å². The maximum Gasteiger partial charge on any atom is 0.319 e. The summed E-state index contributed by atoms with van der Waals surface area (Å²) in [4.78, 5) is 14.8. The molecule has 1 aromatic carbocycles. The summed E-state index contributed by atoms with van der Waals surface area (Å²) in [6.45, 7) is 4.74. The highest BCUT2D eigenvalue weighted by atomic mass is 16.7. The van der Waals surface area contributed by atoms with Gasteiger partial charge in [0.15, 0.2) is 11.5 Å². The number of nitrogens with zero attached hydrogens (tertiary/aromatic N) is 1. The predicted octanol–water partition coefficient (Wildman–Crippen LogP) is 2.04. The zero-order valence-electron chi connectivity index (χ0n) is 14.3. The van der Waals surface area contributed by atoms with Gasteiger partial charge in [0.25, 0.3) is 0 Å². The highest BCUT2D eigenvalue weighted by Crippen LogP contribution is 2.34. The maximum atomic E-state index is 12.3. The summed E-state index contributed by atoms with van der Waals surface area (Å²) in [6, 6.07) is 5.57. The molecule has 25 heavy (non-hydrogen) atoms. The van der Waals surface area contributed by atoms with Crippen LogP contribution in [0.1, 0.15) is 19.3 Å². The van der Waals surface area contributed by atoms with E-state index in [4.69, 9.17) is 14.2 Å². The summed E-state index contributed by atoms with van der Waals surface area (Å²) in [7, 11) is 0. The van der Waals surface area contributed by atoms with E-state index >= 15 is 0 Å². The quantitative estimate of drug-likeness (QED) is 0.853. The SMILES string of the molecule is O=C(NCC(C1CCOC1)N1CCCC1)Nc1ccc2c(c1)OCO2. The Labute approximate surface area is 147 Å². The Morgan fingerprint density at radius 1 is 1.24 bits per heavy atom. The lowest BCUT2D eigenvalue weighted by atomic mass is 9.97. The molecule has 7 nitrogen and oxygen atoms in total. The van der Waals surface area contributed by atoms with Crippen molar-refractivity contribution in [1.82, 2.24) is 10.2 Å². The Morgan fingerprint density at radius 3 is 2.88 bits per heavy atom. The molecular formula is C18H25N3O4. The summed E-state index contributed by atoms with van der Waals surface area (Å²) in [5.41, 5.74) is 0.698. The molecule has 7 heteroatoms. The van der Waals surface area contributed by atoms with Crippen LogP contribution >= 0.6 is 0 Å². The Morgan fingerprint density at radius 2 is 2.08 bits per heavy atom. The molecule has 3 aliphatic rings. The number of carbonyl (C=O) groups excluding carboxylic acids is 1. The van der Waals surface area contributed by atoms with Crippen LogP contribution in [0, 0.1) is 5.92 Å². The van der Waals surface area contributed by atoms with Gasteiger partial charge >= 0.3 is 6.03 Å². The molecular weight excluding hydrogens is 322 g/mol. The van der Waals surface area contributed by atoms with Crippen molar-refractivity contribution >= 4 is 11.7 Å². The first-order valence-corrected chi connectivity index (χ1v) is 9.06. The number of fused-ring (bicyclic) bond motifs is 1. The van der Waals surface area contributed by atoms with E-state index in [0.29, 0.717) is 35.7 Å². The molecule has 0 aromatic heterocycles. The van der Waals surface area contributed by atoms with Gasteiger partial charge in [-0.2, -0.15) is 0 Å². The average molecular weight is 347 g/mol. The molecule has 2 unspecified atom stereocenters. The molecule has 2 fully saturated rings. The fraction of sp³-hybridized carbons (Fsp3) is 0.611. The summed E-state index contributed by atoms with van der Waals surface area (Å²) >= 11 is 0. The second kappa shape index (κ2) is 7.49. The molecule has 2 saturated heterocycles. The van der Waals surface area contributed by atoms with Gasteiger partial charge in [-0.25, -0.2) is 4.79 Å². The third-order valence-electron chi connectivity index (χ3n) is 5.22. The Hall–Kier alpha value is -1.99. The first kappa shape index (κ1) is 16.5. The molecule has 3 heterocycles. The molecule has 0 aliphatic carbocycles. The number of urea groups is 1. The van der Waals surface area contributed by atoms with E-state index in [2.05, 4.69) is 15.5 Å². The van der Waals surface area contributed by atoms with Crippen LogP contribution in [0.2, 0.25) is 0 Å². The Balaban J connectivity index is 1.33. The van der Waals surface area contributed by atoms with Gasteiger partial charge in [0, 0.05) is 36.9 Å². The smallest absolute Gasteiger partial charge is 0.319 e. The fourth-order valence-electron chi connectivity index (χ4n) is 3.87. The topological polar surface area (TPSA) is 72.1 Å². The lowest BCUT2D eigenvalue weighted by Gasteiger charge is -2.31. The van der Waals surface area contributed by atoms with Crippen LogP contribution in [-0.4, -0.2) is 56.6 Å². The highest BCUT2D eigenvalue weighted by molar-refractivity contribution is 5.89. The van der Waals surface area contributed by atoms with Crippen LogP contribution < -0.4 is 20.1 Å². The summed E-state index contributed by atoms with van der Waals surface area (Å²) in [6.07, 6.45) is 3.56. The van der Waals surface area contributed by atoms with E-state index in [9.17, 15) is 4.79 Å². The van der Waals surface area contributed by atoms with Crippen molar-refractivity contribution in [3.8, 4) is 11.5 Å². The molecule has 0 radical (unpaired) electrons. The van der Waals surface area contributed by atoms with Gasteiger partial charge in [0.2, 0.25) is 6.79 Å². The minimum Gasteiger partial charge on any atom is -0.454 e. The van der Waals surface area contributed by atoms with Crippen LogP contribution in [0.25, 0.3) is 0 Å². The lowest BCUT2D eigenvalue weighted by Crippen LogP contribution is -2.48. The minimum absolute atomic E-state index is 0.193. The number of ether oxygens (including phenoxy) is 3. The number of likely N-dealkylation sites (tertiary alicyclic amines) is 1. The largest absolute Gasteiger partial charge is 0.454 e. The number of benzene rings is 1. The van der Waals surface area contributed by atoms with Gasteiger partial charge in [-0.3, -0.25) is 4.90 Å². The number of carbonyl (C=O) groups is 1. The summed E-state index contributed by atoms with van der Waals surface area (Å²) in [5.74, 6) is 1.88. The number of hydrogen-bond donors (Lipinski definition) is 2. The first-order valence-electron chi connectivity index (χ1n) is 9.06. The number of nitrogens with one attached hydrogen (secondary N) is 2. The van der Waals surface area contributed by atoms with E-state index in [1.807, 2.05) is 6.07 Å². The Kier molecular flexibility index (Phi) is 4.94. The van der Waals surface area contributed by atoms with Gasteiger partial charge in [0.05, 0.1) is 6.61 Å². The lowest BCUT2D eigenvalue weighted by molar-refractivity contribution is 0.135. The van der Waals surface area contributed by atoms with E-state index in [1.165, 1.54) is 12.8 Å². The second-order valence-electron chi connectivity index (χ2n) is 6.84. The van der Waals surface area contributed by atoms with Gasteiger partial charge in [0.1, 0.15) is 0 Å². The molecule has 3 aliphatic heterocycles. The average Bonchev–Trinajstić information content (AvgIpc) is 3.37. The second-order valence-corrected chi connectivity index (χ2v) is 6.84. The van der Waals surface area contributed by atoms with E-state index in [1.54, 1.807) is 12.1 Å². The molecule has 136 valence electrons. The van der Waals surface area contributed by atoms with Crippen molar-refractivity contribution in [3.05, 3.63) is 18.2 Å². The minimum atomic E-state index is -0.193. The third kappa shape index (κ3) is 3.82. The van der Waals surface area contributed by atoms with Gasteiger partial charge in [-0.1, -0.05) is 0 Å². The van der Waals surface area contributed by atoms with Crippen LogP contribution in [0.5, 0.6) is 11.5 Å². The zero-order chi connectivity index (χ0) is 17.1. The van der Waals surface area contributed by atoms with Crippen molar-refractivity contribution in [2.75, 3.05) is 45.0 Å². The molecule has 0 saturated carbocycles. The summed E-state index contributed by atoms with van der Waals surface area (Å²) < 4.78 is 16.2. The van der Waals surface area contributed by atoms with Crippen molar-refractivity contribution in [3.63, 3.8) is 0 Å². The molecule has 2 amide bonds. The zero-order valence-corrected chi connectivity index (χ0v) is 14.3. The van der Waals surface area contributed by atoms with Crippen molar-refractivity contribution < 1.29 is 19.0 Å². The molecule has 1 aromatic rings. The first-order chi connectivity index (χ1) is 12.3. The predicted molar refractivity (Wildman–Crippen MR) is 93.1 cm³/mol. The van der Waals surface area contributed by atoms with Crippen molar-refractivity contribution in [1.29, 1.82) is 0 Å². The normalized spacial score (nSPS) is 23.6. The van der Waals surface area contributed by atoms with E-state index < -0.39 is 0 Å². The van der Waals surface area contributed by atoms with Gasteiger partial charge < -0.3 is 24.8 Å². The number of hydrogen-bond acceptors (Lipinski definition) is 5. The molecule has 2 N–H and O–H groups in total. The van der Waals surface area contributed by atoms with E-state index in [-0.39, 0.29) is 12.8 Å². The van der Waals surface area contributed by atoms with Crippen molar-refractivity contribution in [2.24, 2.45) is 5.92 Å². The van der Waals surface area contributed by atoms with Crippen LogP contribution in [0.3, 0.4) is 0 Å². The number of anilines is 1. The monoisotopic (exact) mass is 347 g/mol. The summed E-state index contributed by atoms with van der Waals surface area (Å²) in [5, 5.41) is 5.91. The van der Waals surface area contributed by atoms with Crippen LogP contribution in [0.15, 0.2) is 18.2 Å². The highest BCUT2D eigenvalue weighted by Gasteiger charge is 2.32. The molecule has 0 spiro atoms. The maximum absolute atomic E-state index is 12.3. The third-order valence-corrected chi connectivity index (χ3v) is 5.22. The number of rotatable bonds is 5. The van der Waals surface area contributed by atoms with Crippen molar-refractivity contribution in [2.45, 2.75) is 25.3 Å². The van der Waals surface area contributed by atoms with Crippen LogP contribution in [-0.2, 0) is 4.74 Å². The Bertz CT molecular complexity index is 596. The standard InChI is InChI=1S/C18H25N3O4/c22-18(20-14-3-4-16-17(9-14)25-12-24-16)19-10-15(13-5-8-23-11-13)21-6-1-2-7-21/h3-4,9,13,15H,1-2,5-8,10-12H2,(H2,19,20,22). The van der Waals surface area contributed by atoms with Gasteiger partial charge in [-0.15, -0.1) is 0 Å². The fourth-order valence-corrected chi connectivity index (χ4v) is 3.87. The molecule has 2 atom stereocenters. The van der Waals surface area contributed by atoms with E-state index in [0.717, 1.165) is 32.7 Å². The number of amides is 2. The van der Waals surface area contributed by atoms with Crippen LogP contribution in [0.4, 0.5) is 10.5 Å². The molecule has 0 bridgehead atoms.